The standard InChI is InChI=1S/C20H20P.C7H8O4S/c1-2-21(18-12-6-3-7-13-18,19-14-8-4-9-15-19)20-16-10-5-11-17-20;1-5-2-3-6(4-7(5)8)12(9,10)11/h3-17H,2H2,1H3;2-4,8H,1H3,(H,9,10,11)/q+1;/p-1. The summed E-state index contributed by atoms with van der Waals surface area (Å²) in [5.41, 5.74) is 0.530. The average molecular weight is 479 g/mol. The van der Waals surface area contributed by atoms with Crippen LogP contribution < -0.4 is 15.9 Å². The monoisotopic (exact) mass is 478 g/mol. The van der Waals surface area contributed by atoms with Crippen molar-refractivity contribution in [3.05, 3.63) is 115 Å². The molecule has 0 radical (unpaired) electrons. The first-order valence-electron chi connectivity index (χ1n) is 10.6. The zero-order chi connectivity index (χ0) is 23.9. The predicted octanol–water partition coefficient (Wildman–Crippen LogP) is 4.61. The van der Waals surface area contributed by atoms with Gasteiger partial charge in [-0.3, -0.25) is 0 Å². The van der Waals surface area contributed by atoms with Crippen molar-refractivity contribution in [3.63, 3.8) is 0 Å². The van der Waals surface area contributed by atoms with Crippen LogP contribution in [0.4, 0.5) is 0 Å². The van der Waals surface area contributed by atoms with Crippen LogP contribution in [0.2, 0.25) is 0 Å². The Morgan fingerprint density at radius 3 is 1.42 bits per heavy atom. The summed E-state index contributed by atoms with van der Waals surface area (Å²) in [7, 11) is -5.99. The lowest BCUT2D eigenvalue weighted by Crippen LogP contribution is -2.32. The minimum Gasteiger partial charge on any atom is -0.744 e. The Labute approximate surface area is 196 Å². The van der Waals surface area contributed by atoms with E-state index < -0.39 is 22.3 Å². The molecule has 0 saturated heterocycles. The summed E-state index contributed by atoms with van der Waals surface area (Å²) >= 11 is 0. The predicted molar refractivity (Wildman–Crippen MR) is 136 cm³/mol. The number of hydrogen-bond donors (Lipinski definition) is 1. The third-order valence-corrected chi connectivity index (χ3v) is 10.9. The smallest absolute Gasteiger partial charge is 0.124 e. The highest BCUT2D eigenvalue weighted by Gasteiger charge is 2.43. The van der Waals surface area contributed by atoms with E-state index in [4.69, 9.17) is 5.11 Å². The van der Waals surface area contributed by atoms with Gasteiger partial charge in [-0.2, -0.15) is 0 Å². The molecule has 0 saturated carbocycles. The minimum absolute atomic E-state index is 0.188. The number of aromatic hydroxyl groups is 1. The Balaban J connectivity index is 0.000000218. The molecule has 33 heavy (non-hydrogen) atoms. The molecule has 0 aliphatic heterocycles. The topological polar surface area (TPSA) is 77.4 Å². The third-order valence-electron chi connectivity index (χ3n) is 5.53. The lowest BCUT2D eigenvalue weighted by molar-refractivity contribution is 0.454. The number of aryl methyl sites for hydroxylation is 1. The maximum Gasteiger partial charge on any atom is 0.124 e. The van der Waals surface area contributed by atoms with Crippen LogP contribution in [-0.4, -0.2) is 24.2 Å². The van der Waals surface area contributed by atoms with Gasteiger partial charge in [-0.05, 0) is 67.9 Å². The van der Waals surface area contributed by atoms with E-state index in [0.717, 1.165) is 18.3 Å². The zero-order valence-electron chi connectivity index (χ0n) is 18.6. The fourth-order valence-electron chi connectivity index (χ4n) is 3.79. The Hall–Kier alpha value is -2.98. The Bertz CT molecular complexity index is 1180. The van der Waals surface area contributed by atoms with E-state index in [1.807, 2.05) is 0 Å². The van der Waals surface area contributed by atoms with Crippen molar-refractivity contribution in [1.29, 1.82) is 0 Å². The molecule has 4 aromatic carbocycles. The average Bonchev–Trinajstić information content (AvgIpc) is 2.84. The van der Waals surface area contributed by atoms with Crippen molar-refractivity contribution in [2.24, 2.45) is 0 Å². The molecule has 170 valence electrons. The van der Waals surface area contributed by atoms with Crippen LogP contribution in [0.3, 0.4) is 0 Å². The van der Waals surface area contributed by atoms with Crippen LogP contribution in [0.5, 0.6) is 5.75 Å². The van der Waals surface area contributed by atoms with Gasteiger partial charge in [0.2, 0.25) is 0 Å². The molecular weight excluding hydrogens is 451 g/mol. The summed E-state index contributed by atoms with van der Waals surface area (Å²) in [6, 6.07) is 36.5. The van der Waals surface area contributed by atoms with Gasteiger partial charge in [0.05, 0.1) is 11.1 Å². The maximum atomic E-state index is 10.4. The molecule has 0 heterocycles. The van der Waals surface area contributed by atoms with E-state index in [1.165, 1.54) is 22.0 Å². The van der Waals surface area contributed by atoms with E-state index in [-0.39, 0.29) is 5.75 Å². The fourth-order valence-corrected chi connectivity index (χ4v) is 8.31. The highest BCUT2D eigenvalue weighted by atomic mass is 32.2. The number of phenolic OH excluding ortho intramolecular Hbond substituents is 1. The van der Waals surface area contributed by atoms with Crippen molar-refractivity contribution in [3.8, 4) is 5.75 Å². The second-order valence-corrected chi connectivity index (χ2v) is 12.7. The Morgan fingerprint density at radius 1 is 0.727 bits per heavy atom. The quantitative estimate of drug-likeness (QED) is 0.336. The molecule has 0 aromatic heterocycles. The minimum atomic E-state index is -4.45. The zero-order valence-corrected chi connectivity index (χ0v) is 20.3. The van der Waals surface area contributed by atoms with Gasteiger partial charge in [-0.15, -0.1) is 0 Å². The third kappa shape index (κ3) is 5.69. The van der Waals surface area contributed by atoms with Crippen LogP contribution in [-0.2, 0) is 10.1 Å². The number of phenols is 1. The molecule has 1 N–H and O–H groups in total. The summed E-state index contributed by atoms with van der Waals surface area (Å²) in [5.74, 6) is -0.188. The normalized spacial score (nSPS) is 11.4. The first-order chi connectivity index (χ1) is 15.8. The molecule has 6 heteroatoms. The van der Waals surface area contributed by atoms with E-state index in [2.05, 4.69) is 97.9 Å². The van der Waals surface area contributed by atoms with Crippen LogP contribution in [0.15, 0.2) is 114 Å². The van der Waals surface area contributed by atoms with Gasteiger partial charge < -0.3 is 9.66 Å². The van der Waals surface area contributed by atoms with Gasteiger partial charge in [-0.1, -0.05) is 60.7 Å². The molecule has 4 nitrogen and oxygen atoms in total. The van der Waals surface area contributed by atoms with Crippen LogP contribution in [0.25, 0.3) is 0 Å². The Kier molecular flexibility index (Phi) is 8.04. The molecule has 0 spiro atoms. The molecular formula is C27H27O4PS. The first kappa shape index (κ1) is 24.7. The van der Waals surface area contributed by atoms with Gasteiger partial charge in [0.15, 0.2) is 0 Å². The van der Waals surface area contributed by atoms with Gasteiger partial charge in [-0.25, -0.2) is 8.42 Å². The molecule has 0 unspecified atom stereocenters. The van der Waals surface area contributed by atoms with E-state index in [0.29, 0.717) is 5.56 Å². The van der Waals surface area contributed by atoms with Crippen LogP contribution >= 0.6 is 7.26 Å². The van der Waals surface area contributed by atoms with Crippen molar-refractivity contribution in [2.45, 2.75) is 18.7 Å². The molecule has 4 aromatic rings. The van der Waals surface area contributed by atoms with E-state index in [9.17, 15) is 13.0 Å². The molecule has 0 bridgehead atoms. The largest absolute Gasteiger partial charge is 0.744 e. The van der Waals surface area contributed by atoms with Crippen molar-refractivity contribution in [2.75, 3.05) is 6.16 Å². The summed E-state index contributed by atoms with van der Waals surface area (Å²) in [5, 5.41) is 13.4. The summed E-state index contributed by atoms with van der Waals surface area (Å²) < 4.78 is 31.3. The van der Waals surface area contributed by atoms with Gasteiger partial charge >= 0.3 is 0 Å². The number of hydrogen-bond acceptors (Lipinski definition) is 4. The van der Waals surface area contributed by atoms with E-state index >= 15 is 0 Å². The highest BCUT2D eigenvalue weighted by Crippen LogP contribution is 2.54. The molecule has 0 aliphatic carbocycles. The van der Waals surface area contributed by atoms with Crippen LogP contribution in [0.1, 0.15) is 12.5 Å². The maximum absolute atomic E-state index is 10.4. The lowest BCUT2D eigenvalue weighted by Gasteiger charge is -2.26. The van der Waals surface area contributed by atoms with Gasteiger partial charge in [0, 0.05) is 0 Å². The van der Waals surface area contributed by atoms with Crippen LogP contribution in [0, 0.1) is 6.92 Å². The summed E-state index contributed by atoms with van der Waals surface area (Å²) in [6.45, 7) is 3.93. The molecule has 0 amide bonds. The Morgan fingerprint density at radius 2 is 1.12 bits per heavy atom. The summed E-state index contributed by atoms with van der Waals surface area (Å²) in [6.07, 6.45) is 1.14. The number of benzene rings is 4. The molecule has 0 atom stereocenters. The van der Waals surface area contributed by atoms with Crippen molar-refractivity contribution >= 4 is 33.3 Å². The fraction of sp³-hybridized carbons (Fsp3) is 0.111. The van der Waals surface area contributed by atoms with Gasteiger partial charge in [0.25, 0.3) is 0 Å². The van der Waals surface area contributed by atoms with Crippen molar-refractivity contribution in [1.82, 2.24) is 0 Å². The number of rotatable bonds is 5. The second-order valence-electron chi connectivity index (χ2n) is 7.54. The summed E-state index contributed by atoms with van der Waals surface area (Å²) in [4.78, 5) is -0.411. The van der Waals surface area contributed by atoms with Crippen molar-refractivity contribution < 1.29 is 18.1 Å². The van der Waals surface area contributed by atoms with Gasteiger partial charge in [0.1, 0.15) is 39.0 Å². The SMILES string of the molecule is CC[P+](c1ccccc1)(c1ccccc1)c1ccccc1.Cc1ccc(S(=O)(=O)[O-])cc1O. The highest BCUT2D eigenvalue weighted by molar-refractivity contribution is 7.95. The first-order valence-corrected chi connectivity index (χ1v) is 14.0. The second kappa shape index (κ2) is 10.8. The van der Waals surface area contributed by atoms with E-state index in [1.54, 1.807) is 6.92 Å². The molecule has 0 aliphatic rings. The molecule has 0 fully saturated rings. The lowest BCUT2D eigenvalue weighted by atomic mass is 10.2. The molecule has 4 rings (SSSR count).